The summed E-state index contributed by atoms with van der Waals surface area (Å²) in [7, 11) is 0. The molecule has 1 saturated carbocycles. The molecule has 0 radical (unpaired) electrons. The van der Waals surface area contributed by atoms with Crippen molar-refractivity contribution in [3.05, 3.63) is 0 Å². The largest absolute Gasteiger partial charge is 0.444 e. The number of carbonyl (C=O) groups excluding carboxylic acids is 1. The summed E-state index contributed by atoms with van der Waals surface area (Å²) in [5, 5.41) is 6.16. The molecule has 0 aromatic rings. The molecule has 17 heavy (non-hydrogen) atoms. The standard InChI is InChI=1S/C12H25N3O2/c1-12(2,3)17-11(16)15-10(9-4-5-9)8-14-7-6-13/h9-10,14H,4-8,13H2,1-3H3,(H,15,16). The molecular weight excluding hydrogens is 218 g/mol. The highest BCUT2D eigenvalue weighted by Gasteiger charge is 2.32. The molecule has 1 unspecified atom stereocenters. The molecule has 0 saturated heterocycles. The van der Waals surface area contributed by atoms with E-state index in [0.29, 0.717) is 12.5 Å². The minimum atomic E-state index is -0.442. The Balaban J connectivity index is 2.30. The van der Waals surface area contributed by atoms with Crippen molar-refractivity contribution in [3.63, 3.8) is 0 Å². The average molecular weight is 243 g/mol. The molecule has 1 amide bonds. The quantitative estimate of drug-likeness (QED) is 0.604. The first-order valence-electron chi connectivity index (χ1n) is 6.32. The summed E-state index contributed by atoms with van der Waals surface area (Å²) in [5.74, 6) is 0.591. The maximum Gasteiger partial charge on any atom is 0.407 e. The highest BCUT2D eigenvalue weighted by Crippen LogP contribution is 2.32. The van der Waals surface area contributed by atoms with Gasteiger partial charge in [-0.3, -0.25) is 0 Å². The predicted octanol–water partition coefficient (Wildman–Crippen LogP) is 0.838. The molecular formula is C12H25N3O2. The van der Waals surface area contributed by atoms with Gasteiger partial charge in [0.2, 0.25) is 0 Å². The molecule has 0 spiro atoms. The fourth-order valence-corrected chi connectivity index (χ4v) is 1.65. The second kappa shape index (κ2) is 6.21. The number of amides is 1. The molecule has 100 valence electrons. The summed E-state index contributed by atoms with van der Waals surface area (Å²) in [6.45, 7) is 7.76. The van der Waals surface area contributed by atoms with Crippen LogP contribution < -0.4 is 16.4 Å². The van der Waals surface area contributed by atoms with E-state index in [1.165, 1.54) is 12.8 Å². The SMILES string of the molecule is CC(C)(C)OC(=O)NC(CNCCN)C1CC1. The van der Waals surface area contributed by atoms with Gasteiger partial charge in [0.15, 0.2) is 0 Å². The van der Waals surface area contributed by atoms with Crippen LogP contribution >= 0.6 is 0 Å². The van der Waals surface area contributed by atoms with Crippen molar-refractivity contribution in [1.29, 1.82) is 0 Å². The Bertz CT molecular complexity index is 247. The molecule has 4 N–H and O–H groups in total. The lowest BCUT2D eigenvalue weighted by Crippen LogP contribution is -2.46. The Labute approximate surface area is 103 Å². The lowest BCUT2D eigenvalue weighted by molar-refractivity contribution is 0.0497. The molecule has 1 aliphatic rings. The summed E-state index contributed by atoms with van der Waals surface area (Å²) in [6, 6.07) is 0.163. The van der Waals surface area contributed by atoms with Crippen LogP contribution in [0.5, 0.6) is 0 Å². The molecule has 1 rings (SSSR count). The monoisotopic (exact) mass is 243 g/mol. The highest BCUT2D eigenvalue weighted by molar-refractivity contribution is 5.68. The fourth-order valence-electron chi connectivity index (χ4n) is 1.65. The number of hydrogen-bond donors (Lipinski definition) is 3. The normalized spacial score (nSPS) is 17.6. The van der Waals surface area contributed by atoms with E-state index in [0.717, 1.165) is 13.1 Å². The predicted molar refractivity (Wildman–Crippen MR) is 67.8 cm³/mol. The Morgan fingerprint density at radius 2 is 2.12 bits per heavy atom. The van der Waals surface area contributed by atoms with Gasteiger partial charge in [0.05, 0.1) is 0 Å². The van der Waals surface area contributed by atoms with Crippen LogP contribution in [-0.4, -0.2) is 37.4 Å². The van der Waals surface area contributed by atoms with E-state index in [2.05, 4.69) is 10.6 Å². The number of carbonyl (C=O) groups is 1. The smallest absolute Gasteiger partial charge is 0.407 e. The zero-order valence-corrected chi connectivity index (χ0v) is 11.1. The molecule has 1 fully saturated rings. The first kappa shape index (κ1) is 14.3. The van der Waals surface area contributed by atoms with Crippen LogP contribution in [0, 0.1) is 5.92 Å². The Kier molecular flexibility index (Phi) is 5.21. The number of nitrogens with two attached hydrogens (primary N) is 1. The van der Waals surface area contributed by atoms with Crippen LogP contribution in [0.15, 0.2) is 0 Å². The topological polar surface area (TPSA) is 76.4 Å². The van der Waals surface area contributed by atoms with Crippen molar-refractivity contribution in [2.75, 3.05) is 19.6 Å². The third-order valence-corrected chi connectivity index (χ3v) is 2.58. The molecule has 0 aromatic heterocycles. The van der Waals surface area contributed by atoms with E-state index >= 15 is 0 Å². The molecule has 5 heteroatoms. The Morgan fingerprint density at radius 1 is 1.47 bits per heavy atom. The summed E-state index contributed by atoms with van der Waals surface area (Å²) in [6.07, 6.45) is 2.04. The van der Waals surface area contributed by atoms with E-state index < -0.39 is 5.60 Å². The van der Waals surface area contributed by atoms with E-state index in [4.69, 9.17) is 10.5 Å². The summed E-state index contributed by atoms with van der Waals surface area (Å²) in [5.41, 5.74) is 4.97. The number of hydrogen-bond acceptors (Lipinski definition) is 4. The van der Waals surface area contributed by atoms with Crippen molar-refractivity contribution < 1.29 is 9.53 Å². The van der Waals surface area contributed by atoms with Gasteiger partial charge in [0, 0.05) is 25.7 Å². The third kappa shape index (κ3) is 6.48. The first-order chi connectivity index (χ1) is 7.92. The maximum atomic E-state index is 11.6. The van der Waals surface area contributed by atoms with Crippen LogP contribution in [0.2, 0.25) is 0 Å². The summed E-state index contributed by atoms with van der Waals surface area (Å²) in [4.78, 5) is 11.6. The van der Waals surface area contributed by atoms with Crippen molar-refractivity contribution in [1.82, 2.24) is 10.6 Å². The average Bonchev–Trinajstić information content (AvgIpc) is 2.96. The molecule has 0 bridgehead atoms. The zero-order valence-electron chi connectivity index (χ0n) is 11.1. The van der Waals surface area contributed by atoms with Crippen LogP contribution in [0.3, 0.4) is 0 Å². The number of nitrogens with one attached hydrogen (secondary N) is 2. The Morgan fingerprint density at radius 3 is 2.59 bits per heavy atom. The second-order valence-electron chi connectivity index (χ2n) is 5.58. The van der Waals surface area contributed by atoms with Crippen molar-refractivity contribution >= 4 is 6.09 Å². The molecule has 1 aliphatic carbocycles. The summed E-state index contributed by atoms with van der Waals surface area (Å²) < 4.78 is 5.25. The molecule has 1 atom stereocenters. The fraction of sp³-hybridized carbons (Fsp3) is 0.917. The lowest BCUT2D eigenvalue weighted by atomic mass is 10.2. The zero-order chi connectivity index (χ0) is 12.9. The van der Waals surface area contributed by atoms with Gasteiger partial charge in [-0.15, -0.1) is 0 Å². The van der Waals surface area contributed by atoms with E-state index in [1.807, 2.05) is 20.8 Å². The van der Waals surface area contributed by atoms with Gasteiger partial charge in [0.1, 0.15) is 5.60 Å². The van der Waals surface area contributed by atoms with Gasteiger partial charge in [-0.05, 0) is 39.5 Å². The van der Waals surface area contributed by atoms with Crippen LogP contribution in [0.25, 0.3) is 0 Å². The Hall–Kier alpha value is -0.810. The number of alkyl carbamates (subject to hydrolysis) is 1. The number of ether oxygens (including phenoxy) is 1. The highest BCUT2D eigenvalue weighted by atomic mass is 16.6. The van der Waals surface area contributed by atoms with E-state index in [-0.39, 0.29) is 12.1 Å². The van der Waals surface area contributed by atoms with Crippen molar-refractivity contribution in [2.24, 2.45) is 11.7 Å². The number of rotatable bonds is 6. The second-order valence-corrected chi connectivity index (χ2v) is 5.58. The van der Waals surface area contributed by atoms with Gasteiger partial charge in [-0.1, -0.05) is 0 Å². The van der Waals surface area contributed by atoms with Crippen LogP contribution in [0.4, 0.5) is 4.79 Å². The minimum absolute atomic E-state index is 0.163. The molecule has 0 aromatic carbocycles. The third-order valence-electron chi connectivity index (χ3n) is 2.58. The van der Waals surface area contributed by atoms with Crippen LogP contribution in [-0.2, 0) is 4.74 Å². The molecule has 5 nitrogen and oxygen atoms in total. The van der Waals surface area contributed by atoms with E-state index in [9.17, 15) is 4.79 Å². The van der Waals surface area contributed by atoms with Crippen LogP contribution in [0.1, 0.15) is 33.6 Å². The maximum absolute atomic E-state index is 11.6. The lowest BCUT2D eigenvalue weighted by Gasteiger charge is -2.23. The molecule has 0 heterocycles. The minimum Gasteiger partial charge on any atom is -0.444 e. The van der Waals surface area contributed by atoms with Gasteiger partial charge < -0.3 is 21.1 Å². The van der Waals surface area contributed by atoms with Gasteiger partial charge >= 0.3 is 6.09 Å². The van der Waals surface area contributed by atoms with Gasteiger partial charge in [0.25, 0.3) is 0 Å². The summed E-state index contributed by atoms with van der Waals surface area (Å²) >= 11 is 0. The van der Waals surface area contributed by atoms with E-state index in [1.54, 1.807) is 0 Å². The van der Waals surface area contributed by atoms with Crippen molar-refractivity contribution in [3.8, 4) is 0 Å². The molecule has 0 aliphatic heterocycles. The van der Waals surface area contributed by atoms with Crippen molar-refractivity contribution in [2.45, 2.75) is 45.3 Å². The van der Waals surface area contributed by atoms with Gasteiger partial charge in [-0.2, -0.15) is 0 Å². The first-order valence-corrected chi connectivity index (χ1v) is 6.32. The van der Waals surface area contributed by atoms with Gasteiger partial charge in [-0.25, -0.2) is 4.79 Å².